The van der Waals surface area contributed by atoms with E-state index in [-0.39, 0.29) is 18.8 Å². The Balaban J connectivity index is 3.31. The van der Waals surface area contributed by atoms with Crippen LogP contribution in [0.15, 0.2) is 24.3 Å². The fraction of sp³-hybridized carbons (Fsp3) is 0.444. The van der Waals surface area contributed by atoms with Gasteiger partial charge in [-0.2, -0.15) is 0 Å². The molecular formula is C18H23NO7. The Morgan fingerprint density at radius 3 is 2.08 bits per heavy atom. The predicted octanol–water partition coefficient (Wildman–Crippen LogP) is 1.27. The first-order valence-electron chi connectivity index (χ1n) is 8.11. The van der Waals surface area contributed by atoms with Crippen LogP contribution in [0.2, 0.25) is 0 Å². The van der Waals surface area contributed by atoms with Gasteiger partial charge in [0, 0.05) is 12.5 Å². The molecule has 0 heterocycles. The standard InChI is InChI=1S/C18H23NO7/c1-5-25-16(22)18(19-12(3)20,17(23)26-6-2)11-15(21)13-8-7-9-14(10-13)24-4/h7-10H,5-6,11H2,1-4H3,(H,19,20). The van der Waals surface area contributed by atoms with E-state index in [4.69, 9.17) is 14.2 Å². The van der Waals surface area contributed by atoms with E-state index in [2.05, 4.69) is 5.32 Å². The Hall–Kier alpha value is -2.90. The molecule has 0 aliphatic carbocycles. The summed E-state index contributed by atoms with van der Waals surface area (Å²) in [5.41, 5.74) is -2.04. The summed E-state index contributed by atoms with van der Waals surface area (Å²) in [5, 5.41) is 2.25. The Kier molecular flexibility index (Phi) is 7.77. The van der Waals surface area contributed by atoms with Crippen molar-refractivity contribution in [2.75, 3.05) is 20.3 Å². The van der Waals surface area contributed by atoms with Crippen LogP contribution in [0.1, 0.15) is 37.6 Å². The lowest BCUT2D eigenvalue weighted by atomic mass is 9.89. The summed E-state index contributed by atoms with van der Waals surface area (Å²) < 4.78 is 14.9. The van der Waals surface area contributed by atoms with Crippen molar-refractivity contribution in [2.24, 2.45) is 0 Å². The maximum atomic E-state index is 12.7. The van der Waals surface area contributed by atoms with E-state index < -0.39 is 35.6 Å². The quantitative estimate of drug-likeness (QED) is 0.399. The van der Waals surface area contributed by atoms with Crippen LogP contribution in [0.4, 0.5) is 0 Å². The molecule has 26 heavy (non-hydrogen) atoms. The Labute approximate surface area is 151 Å². The molecule has 1 amide bonds. The number of hydrogen-bond donors (Lipinski definition) is 1. The van der Waals surface area contributed by atoms with Crippen LogP contribution in [-0.2, 0) is 23.9 Å². The number of Topliss-reactive ketones (excluding diaryl/α,β-unsaturated/α-hetero) is 1. The Bertz CT molecular complexity index is 666. The molecule has 8 nitrogen and oxygen atoms in total. The molecular weight excluding hydrogens is 342 g/mol. The SMILES string of the molecule is CCOC(=O)C(CC(=O)c1cccc(OC)c1)(NC(C)=O)C(=O)OCC. The minimum absolute atomic E-state index is 0.0348. The minimum atomic E-state index is -2.25. The fourth-order valence-corrected chi connectivity index (χ4v) is 2.32. The van der Waals surface area contributed by atoms with Gasteiger partial charge < -0.3 is 19.5 Å². The van der Waals surface area contributed by atoms with E-state index in [1.165, 1.54) is 19.2 Å². The van der Waals surface area contributed by atoms with Gasteiger partial charge >= 0.3 is 11.9 Å². The zero-order chi connectivity index (χ0) is 19.7. The first kappa shape index (κ1) is 21.1. The third kappa shape index (κ3) is 5.05. The fourth-order valence-electron chi connectivity index (χ4n) is 2.32. The third-order valence-corrected chi connectivity index (χ3v) is 3.45. The average molecular weight is 365 g/mol. The maximum Gasteiger partial charge on any atom is 0.344 e. The van der Waals surface area contributed by atoms with Crippen LogP contribution in [0.5, 0.6) is 5.75 Å². The topological polar surface area (TPSA) is 108 Å². The first-order valence-corrected chi connectivity index (χ1v) is 8.11. The van der Waals surface area contributed by atoms with Crippen molar-refractivity contribution in [3.63, 3.8) is 0 Å². The number of nitrogens with one attached hydrogen (secondary N) is 1. The second-order valence-corrected chi connectivity index (χ2v) is 5.36. The van der Waals surface area contributed by atoms with Crippen LogP contribution in [-0.4, -0.2) is 49.5 Å². The van der Waals surface area contributed by atoms with Gasteiger partial charge in [-0.25, -0.2) is 9.59 Å². The molecule has 0 fully saturated rings. The van der Waals surface area contributed by atoms with E-state index in [1.807, 2.05) is 0 Å². The van der Waals surface area contributed by atoms with E-state index in [9.17, 15) is 19.2 Å². The molecule has 0 aliphatic rings. The predicted molar refractivity (Wildman–Crippen MR) is 91.8 cm³/mol. The molecule has 0 radical (unpaired) electrons. The molecule has 1 aromatic rings. The van der Waals surface area contributed by atoms with Crippen molar-refractivity contribution < 1.29 is 33.4 Å². The highest BCUT2D eigenvalue weighted by Crippen LogP contribution is 2.22. The summed E-state index contributed by atoms with van der Waals surface area (Å²) in [5.74, 6) is -2.90. The number of carbonyl (C=O) groups is 4. The number of ketones is 1. The number of methoxy groups -OCH3 is 1. The van der Waals surface area contributed by atoms with Crippen molar-refractivity contribution in [2.45, 2.75) is 32.7 Å². The van der Waals surface area contributed by atoms with Gasteiger partial charge in [0.25, 0.3) is 0 Å². The molecule has 0 bridgehead atoms. The number of hydrogen-bond acceptors (Lipinski definition) is 7. The second kappa shape index (κ2) is 9.55. The van der Waals surface area contributed by atoms with Gasteiger partial charge in [-0.1, -0.05) is 12.1 Å². The smallest absolute Gasteiger partial charge is 0.344 e. The highest BCUT2D eigenvalue weighted by molar-refractivity contribution is 6.13. The number of rotatable bonds is 9. The lowest BCUT2D eigenvalue weighted by molar-refractivity contribution is -0.167. The van der Waals surface area contributed by atoms with Crippen LogP contribution in [0.3, 0.4) is 0 Å². The summed E-state index contributed by atoms with van der Waals surface area (Å²) in [7, 11) is 1.45. The Morgan fingerprint density at radius 2 is 1.62 bits per heavy atom. The van der Waals surface area contributed by atoms with E-state index in [1.54, 1.807) is 26.0 Å². The summed E-state index contributed by atoms with van der Waals surface area (Å²) in [6.45, 7) is 4.15. The molecule has 0 saturated carbocycles. The van der Waals surface area contributed by atoms with Crippen molar-refractivity contribution in [1.82, 2.24) is 5.32 Å². The molecule has 0 spiro atoms. The van der Waals surface area contributed by atoms with Gasteiger partial charge in [0.2, 0.25) is 11.4 Å². The minimum Gasteiger partial charge on any atom is -0.497 e. The number of benzene rings is 1. The largest absolute Gasteiger partial charge is 0.497 e. The third-order valence-electron chi connectivity index (χ3n) is 3.45. The molecule has 0 saturated heterocycles. The number of ether oxygens (including phenoxy) is 3. The van der Waals surface area contributed by atoms with Gasteiger partial charge in [-0.05, 0) is 26.0 Å². The lowest BCUT2D eigenvalue weighted by Crippen LogP contribution is -2.62. The monoisotopic (exact) mass is 365 g/mol. The normalized spacial score (nSPS) is 10.6. The summed E-state index contributed by atoms with van der Waals surface area (Å²) >= 11 is 0. The van der Waals surface area contributed by atoms with Crippen molar-refractivity contribution in [1.29, 1.82) is 0 Å². The van der Waals surface area contributed by atoms with Crippen LogP contribution in [0.25, 0.3) is 0 Å². The molecule has 1 aromatic carbocycles. The molecule has 0 aliphatic heterocycles. The molecule has 8 heteroatoms. The van der Waals surface area contributed by atoms with Crippen LogP contribution < -0.4 is 10.1 Å². The molecule has 142 valence electrons. The van der Waals surface area contributed by atoms with E-state index in [0.29, 0.717) is 5.75 Å². The molecule has 0 aromatic heterocycles. The van der Waals surface area contributed by atoms with Gasteiger partial charge in [-0.15, -0.1) is 0 Å². The molecule has 1 N–H and O–H groups in total. The molecule has 0 unspecified atom stereocenters. The van der Waals surface area contributed by atoms with E-state index in [0.717, 1.165) is 6.92 Å². The summed E-state index contributed by atoms with van der Waals surface area (Å²) in [6, 6.07) is 6.23. The van der Waals surface area contributed by atoms with Gasteiger partial charge in [0.15, 0.2) is 5.78 Å². The van der Waals surface area contributed by atoms with Gasteiger partial charge in [-0.3, -0.25) is 9.59 Å². The maximum absolute atomic E-state index is 12.7. The Morgan fingerprint density at radius 1 is 1.04 bits per heavy atom. The highest BCUT2D eigenvalue weighted by Gasteiger charge is 2.51. The second-order valence-electron chi connectivity index (χ2n) is 5.36. The molecule has 0 atom stereocenters. The summed E-state index contributed by atoms with van der Waals surface area (Å²) in [6.07, 6.45) is -0.641. The van der Waals surface area contributed by atoms with Crippen LogP contribution >= 0.6 is 0 Å². The number of esters is 2. The van der Waals surface area contributed by atoms with Crippen LogP contribution in [0, 0.1) is 0 Å². The summed E-state index contributed by atoms with van der Waals surface area (Å²) in [4.78, 5) is 49.3. The number of carbonyl (C=O) groups excluding carboxylic acids is 4. The number of amides is 1. The van der Waals surface area contributed by atoms with Gasteiger partial charge in [0.05, 0.1) is 26.7 Å². The van der Waals surface area contributed by atoms with Crippen molar-refractivity contribution in [3.05, 3.63) is 29.8 Å². The first-order chi connectivity index (χ1) is 12.3. The van der Waals surface area contributed by atoms with Gasteiger partial charge in [0.1, 0.15) is 5.75 Å². The zero-order valence-corrected chi connectivity index (χ0v) is 15.3. The molecule has 1 rings (SSSR count). The highest BCUT2D eigenvalue weighted by atomic mass is 16.6. The lowest BCUT2D eigenvalue weighted by Gasteiger charge is -2.29. The zero-order valence-electron chi connectivity index (χ0n) is 15.3. The van der Waals surface area contributed by atoms with Crippen molar-refractivity contribution >= 4 is 23.6 Å². The average Bonchev–Trinajstić information content (AvgIpc) is 2.60. The van der Waals surface area contributed by atoms with Crippen molar-refractivity contribution in [3.8, 4) is 5.75 Å². The van der Waals surface area contributed by atoms with E-state index >= 15 is 0 Å².